The maximum atomic E-state index is 12.5. The number of para-hydroxylation sites is 2. The maximum Gasteiger partial charge on any atom is 0.251 e. The van der Waals surface area contributed by atoms with E-state index in [-0.39, 0.29) is 5.91 Å². The number of ether oxygens (including phenoxy) is 2. The highest BCUT2D eigenvalue weighted by Crippen LogP contribution is 2.28. The summed E-state index contributed by atoms with van der Waals surface area (Å²) in [7, 11) is 1.67. The van der Waals surface area contributed by atoms with E-state index in [2.05, 4.69) is 46.8 Å². The smallest absolute Gasteiger partial charge is 0.251 e. The number of imidazole rings is 1. The number of allylic oxidation sites excluding steroid dienone is 1. The van der Waals surface area contributed by atoms with Crippen molar-refractivity contribution in [3.8, 4) is 11.5 Å². The van der Waals surface area contributed by atoms with Crippen LogP contribution in [-0.4, -0.2) is 35.7 Å². The largest absolute Gasteiger partial charge is 0.493 e. The molecule has 0 aliphatic rings. The third kappa shape index (κ3) is 8.23. The molecule has 4 aromatic rings. The Bertz CT molecular complexity index is 1460. The number of methoxy groups -OCH3 is 1. The zero-order valence-electron chi connectivity index (χ0n) is 24.7. The van der Waals surface area contributed by atoms with Crippen molar-refractivity contribution in [3.63, 3.8) is 0 Å². The molecule has 4 rings (SSSR count). The molecule has 0 saturated heterocycles. The number of aromatic nitrogens is 2. The van der Waals surface area contributed by atoms with Gasteiger partial charge in [-0.2, -0.15) is 0 Å². The standard InChI is InChI=1S/C35H43N3O3/c1-5-13-28-18-20-32(33(25-28)40-4)41-23-12-11-22-38-31-15-9-8-14-30(31)37-34(38)16-7-6-10-21-36-35(39)29-19-17-26(2)24-27(29)3/h5,8-9,14-15,17-20,24-25H,1,6-7,10-13,16,21-23H2,2-4H3,(H,36,39). The maximum absolute atomic E-state index is 12.5. The molecule has 0 bridgehead atoms. The number of fused-ring (bicyclic) bond motifs is 1. The van der Waals surface area contributed by atoms with Gasteiger partial charge in [0.25, 0.3) is 5.91 Å². The molecule has 6 nitrogen and oxygen atoms in total. The Kier molecular flexibility index (Phi) is 11.0. The second kappa shape index (κ2) is 15.1. The number of unbranched alkanes of at least 4 members (excludes halogenated alkanes) is 3. The quantitative estimate of drug-likeness (QED) is 0.116. The number of nitrogens with zero attached hydrogens (tertiary/aromatic N) is 2. The minimum atomic E-state index is 0.0106. The van der Waals surface area contributed by atoms with Crippen molar-refractivity contribution in [2.45, 2.75) is 65.3 Å². The van der Waals surface area contributed by atoms with Gasteiger partial charge in [0.05, 0.1) is 24.8 Å². The third-order valence-corrected chi connectivity index (χ3v) is 7.36. The fraction of sp³-hybridized carbons (Fsp3) is 0.371. The first kappa shape index (κ1) is 29.9. The normalized spacial score (nSPS) is 11.0. The van der Waals surface area contributed by atoms with Crippen LogP contribution in [-0.2, 0) is 19.4 Å². The molecule has 1 aromatic heterocycles. The van der Waals surface area contributed by atoms with Crippen molar-refractivity contribution in [2.24, 2.45) is 0 Å². The van der Waals surface area contributed by atoms with Crippen LogP contribution in [0.2, 0.25) is 0 Å². The molecule has 0 aliphatic heterocycles. The molecule has 0 saturated carbocycles. The number of hydrogen-bond acceptors (Lipinski definition) is 4. The number of carbonyl (C=O) groups excluding carboxylic acids is 1. The van der Waals surface area contributed by atoms with Crippen molar-refractivity contribution < 1.29 is 14.3 Å². The van der Waals surface area contributed by atoms with Crippen molar-refractivity contribution in [1.82, 2.24) is 14.9 Å². The molecule has 0 atom stereocenters. The Morgan fingerprint density at radius 1 is 0.976 bits per heavy atom. The van der Waals surface area contributed by atoms with Gasteiger partial charge < -0.3 is 19.4 Å². The minimum Gasteiger partial charge on any atom is -0.493 e. The van der Waals surface area contributed by atoms with Crippen LogP contribution in [0.3, 0.4) is 0 Å². The first-order valence-electron chi connectivity index (χ1n) is 14.7. The van der Waals surface area contributed by atoms with Crippen LogP contribution in [0.4, 0.5) is 0 Å². The van der Waals surface area contributed by atoms with Crippen LogP contribution in [0, 0.1) is 13.8 Å². The molecule has 0 fully saturated rings. The van der Waals surface area contributed by atoms with E-state index < -0.39 is 0 Å². The van der Waals surface area contributed by atoms with Gasteiger partial charge >= 0.3 is 0 Å². The van der Waals surface area contributed by atoms with Crippen molar-refractivity contribution in [2.75, 3.05) is 20.3 Å². The van der Waals surface area contributed by atoms with Crippen molar-refractivity contribution in [1.29, 1.82) is 0 Å². The van der Waals surface area contributed by atoms with E-state index in [1.807, 2.05) is 50.3 Å². The third-order valence-electron chi connectivity index (χ3n) is 7.36. The fourth-order valence-electron chi connectivity index (χ4n) is 5.20. The van der Waals surface area contributed by atoms with Gasteiger partial charge in [-0.3, -0.25) is 4.79 Å². The van der Waals surface area contributed by atoms with Crippen molar-refractivity contribution in [3.05, 3.63) is 101 Å². The zero-order chi connectivity index (χ0) is 29.0. The number of nitrogens with one attached hydrogen (secondary N) is 1. The minimum absolute atomic E-state index is 0.0106. The Hall–Kier alpha value is -4.06. The van der Waals surface area contributed by atoms with Gasteiger partial charge in [-0.25, -0.2) is 4.98 Å². The lowest BCUT2D eigenvalue weighted by atomic mass is 10.1. The molecule has 1 amide bonds. The van der Waals surface area contributed by atoms with E-state index in [1.165, 1.54) is 11.1 Å². The van der Waals surface area contributed by atoms with Gasteiger partial charge in [0, 0.05) is 25.1 Å². The van der Waals surface area contributed by atoms with E-state index in [9.17, 15) is 4.79 Å². The van der Waals surface area contributed by atoms with Crippen molar-refractivity contribution >= 4 is 16.9 Å². The molecule has 0 spiro atoms. The molecular weight excluding hydrogens is 510 g/mol. The topological polar surface area (TPSA) is 65.4 Å². The molecule has 1 heterocycles. The number of hydrogen-bond donors (Lipinski definition) is 1. The summed E-state index contributed by atoms with van der Waals surface area (Å²) in [5, 5.41) is 3.07. The first-order chi connectivity index (χ1) is 20.0. The summed E-state index contributed by atoms with van der Waals surface area (Å²) in [5.74, 6) is 2.68. The number of carbonyl (C=O) groups is 1. The van der Waals surface area contributed by atoms with Gasteiger partial charge in [0.15, 0.2) is 11.5 Å². The Labute approximate surface area is 244 Å². The summed E-state index contributed by atoms with van der Waals surface area (Å²) < 4.78 is 13.9. The summed E-state index contributed by atoms with van der Waals surface area (Å²) in [5.41, 5.74) is 6.34. The van der Waals surface area contributed by atoms with Gasteiger partial charge in [-0.15, -0.1) is 6.58 Å². The summed E-state index contributed by atoms with van der Waals surface area (Å²) in [4.78, 5) is 17.5. The number of benzene rings is 3. The SMILES string of the molecule is C=CCc1ccc(OCCCCn2c(CCCCCNC(=O)c3ccc(C)cc3C)nc3ccccc32)c(OC)c1. The van der Waals surface area contributed by atoms with E-state index in [0.29, 0.717) is 13.2 Å². The summed E-state index contributed by atoms with van der Waals surface area (Å²) in [6.07, 6.45) is 8.57. The average molecular weight is 554 g/mol. The molecular formula is C35H43N3O3. The lowest BCUT2D eigenvalue weighted by Crippen LogP contribution is -2.25. The highest BCUT2D eigenvalue weighted by atomic mass is 16.5. The van der Waals surface area contributed by atoms with Crippen LogP contribution in [0.1, 0.15) is 65.0 Å². The Balaban J connectivity index is 1.23. The van der Waals surface area contributed by atoms with Gasteiger partial charge in [-0.05, 0) is 87.4 Å². The van der Waals surface area contributed by atoms with E-state index in [1.54, 1.807) is 7.11 Å². The molecule has 0 radical (unpaired) electrons. The van der Waals surface area contributed by atoms with Gasteiger partial charge in [0.2, 0.25) is 0 Å². The fourth-order valence-corrected chi connectivity index (χ4v) is 5.20. The Morgan fingerprint density at radius 3 is 2.63 bits per heavy atom. The predicted molar refractivity (Wildman–Crippen MR) is 167 cm³/mol. The van der Waals surface area contributed by atoms with E-state index >= 15 is 0 Å². The average Bonchev–Trinajstić information content (AvgIpc) is 3.32. The number of rotatable bonds is 16. The summed E-state index contributed by atoms with van der Waals surface area (Å²) in [6, 6.07) is 20.4. The van der Waals surface area contributed by atoms with Crippen LogP contribution in [0.5, 0.6) is 11.5 Å². The predicted octanol–water partition coefficient (Wildman–Crippen LogP) is 7.39. The highest BCUT2D eigenvalue weighted by Gasteiger charge is 2.12. The van der Waals surface area contributed by atoms with Gasteiger partial charge in [0.1, 0.15) is 5.82 Å². The molecule has 0 unspecified atom stereocenters. The highest BCUT2D eigenvalue weighted by molar-refractivity contribution is 5.95. The Morgan fingerprint density at radius 2 is 1.83 bits per heavy atom. The number of aryl methyl sites for hydroxylation is 4. The molecule has 6 heteroatoms. The number of amides is 1. The first-order valence-corrected chi connectivity index (χ1v) is 14.7. The van der Waals surface area contributed by atoms with Crippen LogP contribution in [0.25, 0.3) is 11.0 Å². The summed E-state index contributed by atoms with van der Waals surface area (Å²) in [6.45, 7) is 10.1. The lowest BCUT2D eigenvalue weighted by molar-refractivity contribution is 0.0952. The second-order valence-corrected chi connectivity index (χ2v) is 10.6. The molecule has 41 heavy (non-hydrogen) atoms. The second-order valence-electron chi connectivity index (χ2n) is 10.6. The van der Waals surface area contributed by atoms with E-state index in [4.69, 9.17) is 14.5 Å². The van der Waals surface area contributed by atoms with Crippen LogP contribution in [0.15, 0.2) is 73.3 Å². The van der Waals surface area contributed by atoms with Crippen LogP contribution >= 0.6 is 0 Å². The molecule has 216 valence electrons. The molecule has 3 aromatic carbocycles. The van der Waals surface area contributed by atoms with Crippen LogP contribution < -0.4 is 14.8 Å². The molecule has 0 aliphatic carbocycles. The van der Waals surface area contributed by atoms with Gasteiger partial charge in [-0.1, -0.05) is 48.4 Å². The molecule has 1 N–H and O–H groups in total. The summed E-state index contributed by atoms with van der Waals surface area (Å²) >= 11 is 0. The van der Waals surface area contributed by atoms with E-state index in [0.717, 1.165) is 91.0 Å². The lowest BCUT2D eigenvalue weighted by Gasteiger charge is -2.13. The zero-order valence-corrected chi connectivity index (χ0v) is 24.7. The monoisotopic (exact) mass is 553 g/mol.